The number of aliphatic hydroxyl groups is 5. The van der Waals surface area contributed by atoms with Gasteiger partial charge in [-0.25, -0.2) is 0 Å². The number of ether oxygens (including phenoxy) is 3. The van der Waals surface area contributed by atoms with Gasteiger partial charge in [0.2, 0.25) is 5.79 Å². The molecule has 8 atom stereocenters. The molecule has 2 heterocycles. The van der Waals surface area contributed by atoms with Crippen molar-refractivity contribution in [3.05, 3.63) is 0 Å². The zero-order chi connectivity index (χ0) is 15.8. The molecule has 21 heavy (non-hydrogen) atoms. The van der Waals surface area contributed by atoms with E-state index in [2.05, 4.69) is 0 Å². The van der Waals surface area contributed by atoms with E-state index in [1.165, 1.54) is 0 Å². The second kappa shape index (κ2) is 6.79. The SMILES string of the molecule is OCC1OC(OC2(CCl)OCC(O)C2O)C(O)C(O)C1Cl. The summed E-state index contributed by atoms with van der Waals surface area (Å²) in [6, 6.07) is 0. The van der Waals surface area contributed by atoms with E-state index in [1.54, 1.807) is 0 Å². The molecule has 0 aromatic carbocycles. The van der Waals surface area contributed by atoms with Crippen molar-refractivity contribution in [2.45, 2.75) is 48.0 Å². The fourth-order valence-corrected chi connectivity index (χ4v) is 2.87. The topological polar surface area (TPSA) is 129 Å². The molecule has 0 aromatic heterocycles. The van der Waals surface area contributed by atoms with Crippen LogP contribution in [0.5, 0.6) is 0 Å². The molecule has 5 N–H and O–H groups in total. The van der Waals surface area contributed by atoms with Gasteiger partial charge in [-0.05, 0) is 0 Å². The van der Waals surface area contributed by atoms with E-state index in [4.69, 9.17) is 42.5 Å². The Bertz CT molecular complexity index is 359. The first-order chi connectivity index (χ1) is 9.86. The molecule has 0 amide bonds. The van der Waals surface area contributed by atoms with Crippen LogP contribution >= 0.6 is 23.2 Å². The van der Waals surface area contributed by atoms with Gasteiger partial charge in [-0.15, -0.1) is 23.2 Å². The van der Waals surface area contributed by atoms with Crippen LogP contribution in [-0.4, -0.2) is 92.6 Å². The maximum absolute atomic E-state index is 9.93. The number of hydrogen-bond acceptors (Lipinski definition) is 8. The highest BCUT2D eigenvalue weighted by Gasteiger charge is 2.54. The summed E-state index contributed by atoms with van der Waals surface area (Å²) in [5, 5.41) is 47.3. The molecular weight excluding hydrogens is 331 g/mol. The highest BCUT2D eigenvalue weighted by Crippen LogP contribution is 2.34. The van der Waals surface area contributed by atoms with Gasteiger partial charge in [0, 0.05) is 0 Å². The summed E-state index contributed by atoms with van der Waals surface area (Å²) in [6.07, 6.45) is -8.04. The van der Waals surface area contributed by atoms with Gasteiger partial charge in [0.15, 0.2) is 6.29 Å². The molecule has 124 valence electrons. The minimum absolute atomic E-state index is 0.208. The predicted molar refractivity (Wildman–Crippen MR) is 69.9 cm³/mol. The van der Waals surface area contributed by atoms with Gasteiger partial charge in [-0.2, -0.15) is 0 Å². The largest absolute Gasteiger partial charge is 0.394 e. The molecule has 2 aliphatic rings. The minimum atomic E-state index is -1.79. The summed E-state index contributed by atoms with van der Waals surface area (Å²) in [5.74, 6) is -2.13. The lowest BCUT2D eigenvalue weighted by Crippen LogP contribution is -2.61. The summed E-state index contributed by atoms with van der Waals surface area (Å²) < 4.78 is 15.8. The van der Waals surface area contributed by atoms with E-state index in [-0.39, 0.29) is 12.5 Å². The van der Waals surface area contributed by atoms with Crippen molar-refractivity contribution >= 4 is 23.2 Å². The molecule has 0 bridgehead atoms. The Labute approximate surface area is 130 Å². The second-order valence-electron chi connectivity index (χ2n) is 5.04. The van der Waals surface area contributed by atoms with E-state index in [9.17, 15) is 20.4 Å². The van der Waals surface area contributed by atoms with Gasteiger partial charge in [0.05, 0.1) is 24.5 Å². The van der Waals surface area contributed by atoms with Crippen molar-refractivity contribution in [3.8, 4) is 0 Å². The van der Waals surface area contributed by atoms with E-state index in [0.717, 1.165) is 0 Å². The van der Waals surface area contributed by atoms with Crippen molar-refractivity contribution in [3.63, 3.8) is 0 Å². The van der Waals surface area contributed by atoms with Crippen molar-refractivity contribution in [1.29, 1.82) is 0 Å². The van der Waals surface area contributed by atoms with Crippen LogP contribution in [0.25, 0.3) is 0 Å². The summed E-state index contributed by atoms with van der Waals surface area (Å²) in [7, 11) is 0. The van der Waals surface area contributed by atoms with Crippen LogP contribution in [0.3, 0.4) is 0 Å². The number of alkyl halides is 2. The summed E-state index contributed by atoms with van der Waals surface area (Å²) in [6.45, 7) is -0.710. The minimum Gasteiger partial charge on any atom is -0.394 e. The maximum Gasteiger partial charge on any atom is 0.213 e. The molecule has 2 rings (SSSR count). The molecular formula is C11H18Cl2O8. The number of hydrogen-bond donors (Lipinski definition) is 5. The zero-order valence-electron chi connectivity index (χ0n) is 10.9. The summed E-state index contributed by atoms with van der Waals surface area (Å²) in [4.78, 5) is 0. The second-order valence-corrected chi connectivity index (χ2v) is 5.81. The summed E-state index contributed by atoms with van der Waals surface area (Å²) >= 11 is 11.6. The van der Waals surface area contributed by atoms with Crippen LogP contribution in [0.2, 0.25) is 0 Å². The lowest BCUT2D eigenvalue weighted by molar-refractivity contribution is -0.354. The van der Waals surface area contributed by atoms with E-state index >= 15 is 0 Å². The first kappa shape index (κ1) is 17.6. The molecule has 0 aliphatic carbocycles. The smallest absolute Gasteiger partial charge is 0.213 e. The van der Waals surface area contributed by atoms with Gasteiger partial charge in [0.25, 0.3) is 0 Å². The Balaban J connectivity index is 2.13. The number of halogens is 2. The average Bonchev–Trinajstić information content (AvgIpc) is 2.77. The van der Waals surface area contributed by atoms with Crippen molar-refractivity contribution < 1.29 is 39.7 Å². The Morgan fingerprint density at radius 2 is 1.86 bits per heavy atom. The van der Waals surface area contributed by atoms with E-state index in [1.807, 2.05) is 0 Å². The van der Waals surface area contributed by atoms with Crippen LogP contribution in [0.1, 0.15) is 0 Å². The molecule has 0 spiro atoms. The lowest BCUT2D eigenvalue weighted by Gasteiger charge is -2.43. The standard InChI is InChI=1S/C11H18Cl2O8/c12-3-11(9(18)4(15)2-19-11)21-10-8(17)7(16)6(13)5(1-14)20-10/h4-10,14-18H,1-3H2. The molecule has 0 radical (unpaired) electrons. The Hall–Kier alpha value is 0.260. The maximum atomic E-state index is 9.93. The van der Waals surface area contributed by atoms with Gasteiger partial charge < -0.3 is 39.7 Å². The van der Waals surface area contributed by atoms with Gasteiger partial charge in [-0.1, -0.05) is 0 Å². The number of aliphatic hydroxyl groups excluding tert-OH is 5. The molecule has 8 nitrogen and oxygen atoms in total. The van der Waals surface area contributed by atoms with E-state index in [0.29, 0.717) is 0 Å². The van der Waals surface area contributed by atoms with Crippen LogP contribution in [0, 0.1) is 0 Å². The van der Waals surface area contributed by atoms with Crippen LogP contribution < -0.4 is 0 Å². The first-order valence-corrected chi connectivity index (χ1v) is 7.33. The van der Waals surface area contributed by atoms with Crippen LogP contribution in [-0.2, 0) is 14.2 Å². The molecule has 0 saturated carbocycles. The Morgan fingerprint density at radius 3 is 2.33 bits per heavy atom. The van der Waals surface area contributed by atoms with Crippen LogP contribution in [0.15, 0.2) is 0 Å². The highest BCUT2D eigenvalue weighted by molar-refractivity contribution is 6.21. The molecule has 10 heteroatoms. The highest BCUT2D eigenvalue weighted by atomic mass is 35.5. The van der Waals surface area contributed by atoms with Crippen molar-refractivity contribution in [2.24, 2.45) is 0 Å². The first-order valence-electron chi connectivity index (χ1n) is 6.36. The average molecular weight is 349 g/mol. The monoisotopic (exact) mass is 348 g/mol. The van der Waals surface area contributed by atoms with Crippen LogP contribution in [0.4, 0.5) is 0 Å². The third-order valence-electron chi connectivity index (χ3n) is 3.61. The van der Waals surface area contributed by atoms with Gasteiger partial charge in [0.1, 0.15) is 30.5 Å². The Kier molecular flexibility index (Phi) is 5.70. The lowest BCUT2D eigenvalue weighted by atomic mass is 10.0. The predicted octanol–water partition coefficient (Wildman–Crippen LogP) is -2.26. The number of rotatable bonds is 4. The van der Waals surface area contributed by atoms with Gasteiger partial charge >= 0.3 is 0 Å². The van der Waals surface area contributed by atoms with E-state index < -0.39 is 54.6 Å². The molecule has 2 aliphatic heterocycles. The van der Waals surface area contributed by atoms with Crippen molar-refractivity contribution in [2.75, 3.05) is 19.1 Å². The molecule has 2 fully saturated rings. The normalized spacial score (nSPS) is 51.3. The Morgan fingerprint density at radius 1 is 1.19 bits per heavy atom. The molecule has 2 saturated heterocycles. The molecule has 8 unspecified atom stereocenters. The summed E-state index contributed by atoms with van der Waals surface area (Å²) in [5.41, 5.74) is 0. The third kappa shape index (κ3) is 3.16. The quantitative estimate of drug-likeness (QED) is 0.360. The van der Waals surface area contributed by atoms with Crippen molar-refractivity contribution in [1.82, 2.24) is 0 Å². The fourth-order valence-electron chi connectivity index (χ4n) is 2.28. The zero-order valence-corrected chi connectivity index (χ0v) is 12.4. The fraction of sp³-hybridized carbons (Fsp3) is 1.00. The van der Waals surface area contributed by atoms with Gasteiger partial charge in [-0.3, -0.25) is 0 Å². The molecule has 0 aromatic rings. The third-order valence-corrected chi connectivity index (χ3v) is 4.53.